The first-order chi connectivity index (χ1) is 10.9. The quantitative estimate of drug-likeness (QED) is 0.811. The Labute approximate surface area is 146 Å². The Bertz CT molecular complexity index is 639. The molecule has 1 aromatic rings. The van der Waals surface area contributed by atoms with E-state index in [0.717, 1.165) is 19.5 Å². The number of nitrogens with one attached hydrogen (secondary N) is 2. The van der Waals surface area contributed by atoms with E-state index in [1.807, 2.05) is 0 Å². The van der Waals surface area contributed by atoms with Crippen LogP contribution in [-0.2, 0) is 14.8 Å². The first kappa shape index (κ1) is 18.5. The van der Waals surface area contributed by atoms with Crippen LogP contribution in [0.5, 0.6) is 0 Å². The smallest absolute Gasteiger partial charge is 0.243 e. The van der Waals surface area contributed by atoms with Gasteiger partial charge in [0.15, 0.2) is 0 Å². The molecule has 1 aliphatic heterocycles. The van der Waals surface area contributed by atoms with E-state index < -0.39 is 10.0 Å². The first-order valence-corrected chi connectivity index (χ1v) is 9.58. The summed E-state index contributed by atoms with van der Waals surface area (Å²) in [5, 5.41) is 3.31. The third-order valence-corrected chi connectivity index (χ3v) is 5.93. The Morgan fingerprint density at radius 1 is 1.22 bits per heavy atom. The molecule has 0 aliphatic carbocycles. The molecular formula is C14H19Cl2N3O3S. The fraction of sp³-hybridized carbons (Fsp3) is 0.500. The van der Waals surface area contributed by atoms with Crippen LogP contribution >= 0.6 is 23.2 Å². The summed E-state index contributed by atoms with van der Waals surface area (Å²) in [4.78, 5) is 13.7. The molecule has 1 heterocycles. The van der Waals surface area contributed by atoms with Crippen LogP contribution in [0.25, 0.3) is 0 Å². The molecule has 0 unspecified atom stereocenters. The van der Waals surface area contributed by atoms with Gasteiger partial charge in [-0.05, 0) is 25.1 Å². The van der Waals surface area contributed by atoms with Crippen LogP contribution in [0.4, 0.5) is 0 Å². The zero-order valence-electron chi connectivity index (χ0n) is 12.5. The number of halogens is 2. The second kappa shape index (κ2) is 8.30. The minimum Gasteiger partial charge on any atom is -0.341 e. The molecule has 0 aromatic heterocycles. The summed E-state index contributed by atoms with van der Waals surface area (Å²) in [7, 11) is -3.85. The molecule has 2 rings (SSSR count). The molecule has 2 N–H and O–H groups in total. The monoisotopic (exact) mass is 379 g/mol. The van der Waals surface area contributed by atoms with E-state index in [9.17, 15) is 13.2 Å². The van der Waals surface area contributed by atoms with Gasteiger partial charge >= 0.3 is 0 Å². The molecule has 1 aliphatic rings. The average Bonchev–Trinajstić information content (AvgIpc) is 2.75. The van der Waals surface area contributed by atoms with Crippen molar-refractivity contribution in [2.45, 2.75) is 17.7 Å². The number of benzene rings is 1. The fourth-order valence-corrected chi connectivity index (χ4v) is 4.53. The minimum absolute atomic E-state index is 0.00659. The highest BCUT2D eigenvalue weighted by molar-refractivity contribution is 7.89. The molecule has 23 heavy (non-hydrogen) atoms. The van der Waals surface area contributed by atoms with Gasteiger partial charge in [-0.25, -0.2) is 13.1 Å². The van der Waals surface area contributed by atoms with Crippen molar-refractivity contribution in [1.29, 1.82) is 0 Å². The molecule has 128 valence electrons. The Morgan fingerprint density at radius 2 is 1.91 bits per heavy atom. The van der Waals surface area contributed by atoms with E-state index in [-0.39, 0.29) is 33.8 Å². The number of sulfonamides is 1. The first-order valence-electron chi connectivity index (χ1n) is 7.34. The number of hydrogen-bond donors (Lipinski definition) is 2. The maximum absolute atomic E-state index is 12.3. The van der Waals surface area contributed by atoms with Crippen LogP contribution in [0.1, 0.15) is 12.8 Å². The highest BCUT2D eigenvalue weighted by atomic mass is 35.5. The summed E-state index contributed by atoms with van der Waals surface area (Å²) in [6.07, 6.45) is 0.994. The Morgan fingerprint density at radius 3 is 2.61 bits per heavy atom. The minimum atomic E-state index is -3.85. The third-order valence-electron chi connectivity index (χ3n) is 3.51. The van der Waals surface area contributed by atoms with E-state index in [0.29, 0.717) is 13.1 Å². The molecule has 1 saturated heterocycles. The average molecular weight is 380 g/mol. The van der Waals surface area contributed by atoms with Crippen molar-refractivity contribution in [3.05, 3.63) is 28.2 Å². The van der Waals surface area contributed by atoms with Gasteiger partial charge < -0.3 is 10.2 Å². The Balaban J connectivity index is 1.93. The van der Waals surface area contributed by atoms with Gasteiger partial charge in [0.2, 0.25) is 15.9 Å². The molecule has 6 nitrogen and oxygen atoms in total. The van der Waals surface area contributed by atoms with Crippen molar-refractivity contribution < 1.29 is 13.2 Å². The topological polar surface area (TPSA) is 78.5 Å². The number of nitrogens with zero attached hydrogens (tertiary/aromatic N) is 1. The highest BCUT2D eigenvalue weighted by Crippen LogP contribution is 2.28. The maximum Gasteiger partial charge on any atom is 0.243 e. The molecule has 0 radical (unpaired) electrons. The normalized spacial score (nSPS) is 16.2. The lowest BCUT2D eigenvalue weighted by Gasteiger charge is -2.20. The molecule has 1 fully saturated rings. The van der Waals surface area contributed by atoms with Gasteiger partial charge in [0.25, 0.3) is 0 Å². The predicted octanol–water partition coefficient (Wildman–Crippen LogP) is 1.48. The van der Waals surface area contributed by atoms with E-state index in [1.165, 1.54) is 12.1 Å². The van der Waals surface area contributed by atoms with Gasteiger partial charge in [0, 0.05) is 32.6 Å². The second-order valence-corrected chi connectivity index (χ2v) is 7.70. The zero-order chi connectivity index (χ0) is 16.9. The van der Waals surface area contributed by atoms with Gasteiger partial charge in [-0.1, -0.05) is 29.3 Å². The van der Waals surface area contributed by atoms with E-state index in [1.54, 1.807) is 11.0 Å². The number of rotatable bonds is 5. The SMILES string of the molecule is O=C(CCNS(=O)(=O)c1c(Cl)cccc1Cl)N1CCCNCC1. The molecule has 1 aromatic carbocycles. The van der Waals surface area contributed by atoms with Crippen molar-refractivity contribution in [3.63, 3.8) is 0 Å². The van der Waals surface area contributed by atoms with Gasteiger partial charge in [0.05, 0.1) is 10.0 Å². The number of carbonyl (C=O) groups excluding carboxylic acids is 1. The Hall–Kier alpha value is -0.860. The second-order valence-electron chi connectivity index (χ2n) is 5.18. The van der Waals surface area contributed by atoms with E-state index >= 15 is 0 Å². The van der Waals surface area contributed by atoms with E-state index in [4.69, 9.17) is 23.2 Å². The van der Waals surface area contributed by atoms with Crippen LogP contribution < -0.4 is 10.0 Å². The van der Waals surface area contributed by atoms with Crippen LogP contribution in [0, 0.1) is 0 Å². The van der Waals surface area contributed by atoms with Gasteiger partial charge in [-0.15, -0.1) is 0 Å². The lowest BCUT2D eigenvalue weighted by atomic mass is 10.3. The molecular weight excluding hydrogens is 361 g/mol. The molecule has 0 saturated carbocycles. The summed E-state index contributed by atoms with van der Waals surface area (Å²) in [5.74, 6) is -0.0679. The van der Waals surface area contributed by atoms with E-state index in [2.05, 4.69) is 10.0 Å². The van der Waals surface area contributed by atoms with Gasteiger partial charge in [0.1, 0.15) is 4.90 Å². The summed E-state index contributed by atoms with van der Waals surface area (Å²) in [6.45, 7) is 2.98. The van der Waals surface area contributed by atoms with Crippen molar-refractivity contribution >= 4 is 39.1 Å². The van der Waals surface area contributed by atoms with Crippen molar-refractivity contribution in [2.24, 2.45) is 0 Å². The largest absolute Gasteiger partial charge is 0.341 e. The van der Waals surface area contributed by atoms with Gasteiger partial charge in [-0.3, -0.25) is 4.79 Å². The van der Waals surface area contributed by atoms with Crippen LogP contribution in [-0.4, -0.2) is 51.9 Å². The lowest BCUT2D eigenvalue weighted by molar-refractivity contribution is -0.130. The van der Waals surface area contributed by atoms with Crippen molar-refractivity contribution in [2.75, 3.05) is 32.7 Å². The lowest BCUT2D eigenvalue weighted by Crippen LogP contribution is -2.36. The van der Waals surface area contributed by atoms with Crippen molar-refractivity contribution in [1.82, 2.24) is 14.9 Å². The summed E-state index contributed by atoms with van der Waals surface area (Å²) < 4.78 is 26.9. The van der Waals surface area contributed by atoms with Crippen LogP contribution in [0.3, 0.4) is 0 Å². The molecule has 0 atom stereocenters. The van der Waals surface area contributed by atoms with Crippen LogP contribution in [0.2, 0.25) is 10.0 Å². The zero-order valence-corrected chi connectivity index (χ0v) is 14.8. The molecule has 1 amide bonds. The predicted molar refractivity (Wildman–Crippen MR) is 90.3 cm³/mol. The number of hydrogen-bond acceptors (Lipinski definition) is 4. The molecule has 0 spiro atoms. The van der Waals surface area contributed by atoms with Gasteiger partial charge in [-0.2, -0.15) is 0 Å². The third kappa shape index (κ3) is 5.06. The fourth-order valence-electron chi connectivity index (χ4n) is 2.36. The molecule has 0 bridgehead atoms. The highest BCUT2D eigenvalue weighted by Gasteiger charge is 2.22. The maximum atomic E-state index is 12.3. The van der Waals surface area contributed by atoms with Crippen LogP contribution in [0.15, 0.2) is 23.1 Å². The number of carbonyl (C=O) groups is 1. The summed E-state index contributed by atoms with van der Waals surface area (Å²) in [5.41, 5.74) is 0. The standard InChI is InChI=1S/C14H19Cl2N3O3S/c15-11-3-1-4-12(16)14(11)23(21,22)18-7-5-13(20)19-9-2-6-17-8-10-19/h1,3-4,17-18H,2,5-10H2. The number of amides is 1. The molecule has 9 heteroatoms. The van der Waals surface area contributed by atoms with Crippen molar-refractivity contribution in [3.8, 4) is 0 Å². The summed E-state index contributed by atoms with van der Waals surface area (Å²) in [6, 6.07) is 4.48. The summed E-state index contributed by atoms with van der Waals surface area (Å²) >= 11 is 11.8. The Kier molecular flexibility index (Phi) is 6.67.